The number of carbonyl (C=O) groups excluding carboxylic acids is 1. The standard InChI is InChI=1S/C15H23NO2/c1-5-6-10-18-15(17)16-14-12(4)8-7-9-13(14)11(2)3/h7-9,11H,5-6,10H2,1-4H3,(H,16,17). The van der Waals surface area contributed by atoms with E-state index in [2.05, 4.69) is 26.1 Å². The van der Waals surface area contributed by atoms with Crippen LogP contribution in [0, 0.1) is 6.92 Å². The van der Waals surface area contributed by atoms with Gasteiger partial charge in [-0.25, -0.2) is 4.79 Å². The second-order valence-corrected chi connectivity index (χ2v) is 4.81. The van der Waals surface area contributed by atoms with Gasteiger partial charge in [0.05, 0.1) is 12.3 Å². The van der Waals surface area contributed by atoms with E-state index in [1.807, 2.05) is 25.1 Å². The quantitative estimate of drug-likeness (QED) is 0.782. The van der Waals surface area contributed by atoms with E-state index in [1.54, 1.807) is 0 Å². The average Bonchev–Trinajstić information content (AvgIpc) is 2.31. The summed E-state index contributed by atoms with van der Waals surface area (Å²) in [7, 11) is 0. The predicted octanol–water partition coefficient (Wildman–Crippen LogP) is 4.47. The van der Waals surface area contributed by atoms with E-state index < -0.39 is 0 Å². The first-order valence-corrected chi connectivity index (χ1v) is 6.59. The smallest absolute Gasteiger partial charge is 0.411 e. The second kappa shape index (κ2) is 7.04. The number of hydrogen-bond acceptors (Lipinski definition) is 2. The van der Waals surface area contributed by atoms with Gasteiger partial charge in [0, 0.05) is 0 Å². The third-order valence-electron chi connectivity index (χ3n) is 2.89. The van der Waals surface area contributed by atoms with Gasteiger partial charge in [0.25, 0.3) is 0 Å². The van der Waals surface area contributed by atoms with Crippen LogP contribution in [0.5, 0.6) is 0 Å². The van der Waals surface area contributed by atoms with E-state index in [9.17, 15) is 4.79 Å². The summed E-state index contributed by atoms with van der Waals surface area (Å²) in [6.07, 6.45) is 1.56. The summed E-state index contributed by atoms with van der Waals surface area (Å²) in [6, 6.07) is 6.05. The van der Waals surface area contributed by atoms with E-state index in [1.165, 1.54) is 0 Å². The highest BCUT2D eigenvalue weighted by molar-refractivity contribution is 5.87. The van der Waals surface area contributed by atoms with Crippen LogP contribution in [0.25, 0.3) is 0 Å². The Morgan fingerprint density at radius 3 is 2.72 bits per heavy atom. The highest BCUT2D eigenvalue weighted by atomic mass is 16.5. The monoisotopic (exact) mass is 249 g/mol. The number of amides is 1. The van der Waals surface area contributed by atoms with E-state index in [0.29, 0.717) is 12.5 Å². The van der Waals surface area contributed by atoms with Crippen LogP contribution in [0.4, 0.5) is 10.5 Å². The predicted molar refractivity (Wildman–Crippen MR) is 75.1 cm³/mol. The van der Waals surface area contributed by atoms with Crippen molar-refractivity contribution in [1.82, 2.24) is 0 Å². The highest BCUT2D eigenvalue weighted by Gasteiger charge is 2.12. The maximum Gasteiger partial charge on any atom is 0.411 e. The Labute approximate surface area is 110 Å². The number of hydrogen-bond donors (Lipinski definition) is 1. The maximum atomic E-state index is 11.7. The molecular formula is C15H23NO2. The van der Waals surface area contributed by atoms with E-state index in [0.717, 1.165) is 29.7 Å². The summed E-state index contributed by atoms with van der Waals surface area (Å²) in [4.78, 5) is 11.7. The van der Waals surface area contributed by atoms with Gasteiger partial charge in [0.2, 0.25) is 0 Å². The van der Waals surface area contributed by atoms with Gasteiger partial charge in [-0.15, -0.1) is 0 Å². The normalized spacial score (nSPS) is 10.5. The van der Waals surface area contributed by atoms with Crippen LogP contribution in [0.2, 0.25) is 0 Å². The van der Waals surface area contributed by atoms with Crippen LogP contribution in [0.1, 0.15) is 50.7 Å². The van der Waals surface area contributed by atoms with Gasteiger partial charge in [-0.1, -0.05) is 45.4 Å². The van der Waals surface area contributed by atoms with E-state index in [-0.39, 0.29) is 6.09 Å². The number of para-hydroxylation sites is 1. The molecule has 1 N–H and O–H groups in total. The number of carbonyl (C=O) groups is 1. The molecule has 0 spiro atoms. The van der Waals surface area contributed by atoms with E-state index >= 15 is 0 Å². The van der Waals surface area contributed by atoms with Crippen LogP contribution < -0.4 is 5.32 Å². The minimum atomic E-state index is -0.361. The molecule has 1 aromatic carbocycles. The Bertz CT molecular complexity index is 399. The fraction of sp³-hybridized carbons (Fsp3) is 0.533. The molecule has 3 nitrogen and oxygen atoms in total. The van der Waals surface area contributed by atoms with Crippen LogP contribution in [0.15, 0.2) is 18.2 Å². The van der Waals surface area contributed by atoms with Crippen molar-refractivity contribution in [3.63, 3.8) is 0 Å². The lowest BCUT2D eigenvalue weighted by Crippen LogP contribution is -2.16. The molecule has 0 heterocycles. The maximum absolute atomic E-state index is 11.7. The van der Waals surface area contributed by atoms with Crippen molar-refractivity contribution in [3.05, 3.63) is 29.3 Å². The molecule has 1 aromatic rings. The second-order valence-electron chi connectivity index (χ2n) is 4.81. The number of anilines is 1. The Balaban J connectivity index is 2.74. The summed E-state index contributed by atoms with van der Waals surface area (Å²) in [6.45, 7) is 8.77. The van der Waals surface area contributed by atoms with Gasteiger partial charge in [-0.05, 0) is 30.4 Å². The topological polar surface area (TPSA) is 38.3 Å². The molecule has 0 radical (unpaired) electrons. The fourth-order valence-electron chi connectivity index (χ4n) is 1.79. The number of nitrogens with one attached hydrogen (secondary N) is 1. The van der Waals surface area contributed by atoms with Gasteiger partial charge >= 0.3 is 6.09 Å². The highest BCUT2D eigenvalue weighted by Crippen LogP contribution is 2.27. The molecule has 0 bridgehead atoms. The SMILES string of the molecule is CCCCOC(=O)Nc1c(C)cccc1C(C)C. The van der Waals surface area contributed by atoms with Crippen LogP contribution >= 0.6 is 0 Å². The Hall–Kier alpha value is -1.51. The zero-order valence-electron chi connectivity index (χ0n) is 11.7. The van der Waals surface area contributed by atoms with Crippen molar-refractivity contribution >= 4 is 11.8 Å². The minimum absolute atomic E-state index is 0.361. The molecule has 0 atom stereocenters. The Morgan fingerprint density at radius 2 is 2.11 bits per heavy atom. The first kappa shape index (κ1) is 14.6. The summed E-state index contributed by atoms with van der Waals surface area (Å²) in [5, 5.41) is 2.86. The van der Waals surface area contributed by atoms with Gasteiger partial charge < -0.3 is 4.74 Å². The molecule has 0 aromatic heterocycles. The summed E-state index contributed by atoms with van der Waals surface area (Å²) in [5.74, 6) is 0.371. The molecule has 1 amide bonds. The first-order valence-electron chi connectivity index (χ1n) is 6.59. The number of ether oxygens (including phenoxy) is 1. The van der Waals surface area contributed by atoms with Gasteiger partial charge in [-0.3, -0.25) is 5.32 Å². The third kappa shape index (κ3) is 4.06. The van der Waals surface area contributed by atoms with Gasteiger partial charge in [0.15, 0.2) is 0 Å². The van der Waals surface area contributed by atoms with Crippen LogP contribution in [-0.4, -0.2) is 12.7 Å². The molecule has 0 saturated carbocycles. The van der Waals surface area contributed by atoms with Crippen molar-refractivity contribution in [2.75, 3.05) is 11.9 Å². The van der Waals surface area contributed by atoms with Crippen molar-refractivity contribution < 1.29 is 9.53 Å². The molecule has 0 saturated heterocycles. The van der Waals surface area contributed by atoms with Crippen molar-refractivity contribution in [2.24, 2.45) is 0 Å². The number of rotatable bonds is 5. The van der Waals surface area contributed by atoms with E-state index in [4.69, 9.17) is 4.74 Å². The first-order chi connectivity index (χ1) is 8.56. The van der Waals surface area contributed by atoms with Gasteiger partial charge in [-0.2, -0.15) is 0 Å². The minimum Gasteiger partial charge on any atom is -0.449 e. The number of aryl methyl sites for hydroxylation is 1. The lowest BCUT2D eigenvalue weighted by molar-refractivity contribution is 0.160. The van der Waals surface area contributed by atoms with Crippen LogP contribution in [-0.2, 0) is 4.74 Å². The Kier molecular flexibility index (Phi) is 5.69. The molecule has 100 valence electrons. The zero-order chi connectivity index (χ0) is 13.5. The lowest BCUT2D eigenvalue weighted by atomic mass is 9.98. The lowest BCUT2D eigenvalue weighted by Gasteiger charge is -2.16. The third-order valence-corrected chi connectivity index (χ3v) is 2.89. The molecule has 0 aliphatic rings. The molecule has 0 fully saturated rings. The molecule has 0 aliphatic carbocycles. The molecule has 18 heavy (non-hydrogen) atoms. The fourth-order valence-corrected chi connectivity index (χ4v) is 1.79. The molecular weight excluding hydrogens is 226 g/mol. The van der Waals surface area contributed by atoms with Crippen LogP contribution in [0.3, 0.4) is 0 Å². The Morgan fingerprint density at radius 1 is 1.39 bits per heavy atom. The molecule has 3 heteroatoms. The largest absolute Gasteiger partial charge is 0.449 e. The van der Waals surface area contributed by atoms with Crippen molar-refractivity contribution in [1.29, 1.82) is 0 Å². The summed E-state index contributed by atoms with van der Waals surface area (Å²) in [5.41, 5.74) is 3.09. The van der Waals surface area contributed by atoms with Crippen molar-refractivity contribution in [2.45, 2.75) is 46.5 Å². The number of unbranched alkanes of at least 4 members (excludes halogenated alkanes) is 1. The van der Waals surface area contributed by atoms with Crippen molar-refractivity contribution in [3.8, 4) is 0 Å². The molecule has 0 unspecified atom stereocenters. The summed E-state index contributed by atoms with van der Waals surface area (Å²) >= 11 is 0. The molecule has 0 aliphatic heterocycles. The van der Waals surface area contributed by atoms with Gasteiger partial charge in [0.1, 0.15) is 0 Å². The zero-order valence-corrected chi connectivity index (χ0v) is 11.7. The molecule has 1 rings (SSSR count). The summed E-state index contributed by atoms with van der Waals surface area (Å²) < 4.78 is 5.13. The average molecular weight is 249 g/mol. The number of benzene rings is 1.